The van der Waals surface area contributed by atoms with Gasteiger partial charge in [0.2, 0.25) is 0 Å². The molecule has 1 aromatic rings. The minimum Gasteiger partial charge on any atom is -0.496 e. The number of aliphatic hydroxyl groups is 1. The Morgan fingerprint density at radius 1 is 1.23 bits per heavy atom. The molecule has 3 heteroatoms. The van der Waals surface area contributed by atoms with Crippen LogP contribution in [0.25, 0.3) is 0 Å². The summed E-state index contributed by atoms with van der Waals surface area (Å²) in [7, 11) is 1.71. The molecule has 1 unspecified atom stereocenters. The van der Waals surface area contributed by atoms with E-state index in [-0.39, 0.29) is 0 Å². The summed E-state index contributed by atoms with van der Waals surface area (Å²) in [6, 6.07) is 2.09. The number of hydrogen-bond donors (Lipinski definition) is 1. The van der Waals surface area contributed by atoms with Crippen LogP contribution in [0.2, 0.25) is 0 Å². The van der Waals surface area contributed by atoms with Crippen molar-refractivity contribution in [3.63, 3.8) is 0 Å². The Labute approximate surface area is 132 Å². The quantitative estimate of drug-likeness (QED) is 0.845. The van der Waals surface area contributed by atoms with Crippen molar-refractivity contribution in [2.45, 2.75) is 58.0 Å². The largest absolute Gasteiger partial charge is 0.496 e. The van der Waals surface area contributed by atoms with Crippen LogP contribution in [0.5, 0.6) is 5.75 Å². The zero-order valence-corrected chi connectivity index (χ0v) is 13.8. The van der Waals surface area contributed by atoms with Crippen LogP contribution in [-0.2, 0) is 5.60 Å². The van der Waals surface area contributed by atoms with Crippen molar-refractivity contribution in [2.75, 3.05) is 7.11 Å². The van der Waals surface area contributed by atoms with Gasteiger partial charge in [-0.15, -0.1) is 0 Å². The number of aryl methyl sites for hydroxylation is 1. The lowest BCUT2D eigenvalue weighted by atomic mass is 9.63. The zero-order chi connectivity index (χ0) is 15.5. The Morgan fingerprint density at radius 2 is 2.00 bits per heavy atom. The Kier molecular flexibility index (Phi) is 3.12. The lowest BCUT2D eigenvalue weighted by Crippen LogP contribution is -2.46. The molecule has 118 valence electrons. The minimum atomic E-state index is -0.848. The average molecular weight is 299 g/mol. The second kappa shape index (κ2) is 4.82. The van der Waals surface area contributed by atoms with Crippen molar-refractivity contribution in [1.29, 1.82) is 0 Å². The van der Waals surface area contributed by atoms with Gasteiger partial charge in [0.1, 0.15) is 11.4 Å². The predicted molar refractivity (Wildman–Crippen MR) is 88.1 cm³/mol. The Morgan fingerprint density at radius 3 is 2.77 bits per heavy atom. The molecule has 3 atom stereocenters. The first-order valence-electron chi connectivity index (χ1n) is 8.56. The van der Waals surface area contributed by atoms with E-state index < -0.39 is 5.60 Å². The van der Waals surface area contributed by atoms with Gasteiger partial charge in [-0.3, -0.25) is 4.99 Å². The molecular formula is C19H25NO2. The Bertz CT molecular complexity index is 664. The molecule has 1 aromatic carbocycles. The third-order valence-electron chi connectivity index (χ3n) is 6.10. The second-order valence-corrected chi connectivity index (χ2v) is 7.29. The van der Waals surface area contributed by atoms with Crippen molar-refractivity contribution in [3.8, 4) is 5.75 Å². The molecule has 0 aromatic heterocycles. The Hall–Kier alpha value is -1.35. The highest BCUT2D eigenvalue weighted by molar-refractivity contribution is 6.03. The number of ether oxygens (including phenoxy) is 1. The van der Waals surface area contributed by atoms with E-state index in [4.69, 9.17) is 9.73 Å². The third-order valence-corrected chi connectivity index (χ3v) is 6.10. The lowest BCUT2D eigenvalue weighted by molar-refractivity contribution is 0.0590. The van der Waals surface area contributed by atoms with E-state index in [1.807, 2.05) is 0 Å². The monoisotopic (exact) mass is 299 g/mol. The molecule has 4 rings (SSSR count). The molecule has 0 saturated heterocycles. The topological polar surface area (TPSA) is 41.8 Å². The number of aliphatic imine (C=N–C) groups is 1. The van der Waals surface area contributed by atoms with Crippen LogP contribution in [0.1, 0.15) is 55.2 Å². The van der Waals surface area contributed by atoms with Gasteiger partial charge in [-0.05, 0) is 62.6 Å². The van der Waals surface area contributed by atoms with Gasteiger partial charge in [0.05, 0.1) is 18.5 Å². The highest BCUT2D eigenvalue weighted by atomic mass is 16.5. The highest BCUT2D eigenvalue weighted by Crippen LogP contribution is 2.54. The highest BCUT2D eigenvalue weighted by Gasteiger charge is 2.51. The van der Waals surface area contributed by atoms with Gasteiger partial charge < -0.3 is 9.84 Å². The minimum absolute atomic E-state index is 0.477. The van der Waals surface area contributed by atoms with E-state index in [9.17, 15) is 5.11 Å². The van der Waals surface area contributed by atoms with E-state index in [2.05, 4.69) is 19.9 Å². The molecule has 3 aliphatic rings. The van der Waals surface area contributed by atoms with Crippen LogP contribution >= 0.6 is 0 Å². The van der Waals surface area contributed by atoms with Crippen LogP contribution in [0.15, 0.2) is 11.1 Å². The molecule has 2 aliphatic carbocycles. The number of rotatable bonds is 1. The maximum atomic E-state index is 11.5. The number of hydrogen-bond acceptors (Lipinski definition) is 3. The summed E-state index contributed by atoms with van der Waals surface area (Å²) in [5, 5.41) is 11.5. The fourth-order valence-corrected chi connectivity index (χ4v) is 5.17. The van der Waals surface area contributed by atoms with Crippen molar-refractivity contribution < 1.29 is 9.84 Å². The molecule has 1 aliphatic heterocycles. The first kappa shape index (κ1) is 14.3. The number of fused-ring (bicyclic) bond motifs is 5. The van der Waals surface area contributed by atoms with Crippen molar-refractivity contribution in [1.82, 2.24) is 0 Å². The molecule has 0 radical (unpaired) electrons. The van der Waals surface area contributed by atoms with Crippen molar-refractivity contribution >= 4 is 11.4 Å². The molecule has 2 saturated carbocycles. The molecule has 22 heavy (non-hydrogen) atoms. The van der Waals surface area contributed by atoms with Gasteiger partial charge in [0.15, 0.2) is 0 Å². The molecule has 1 N–H and O–H groups in total. The maximum Gasteiger partial charge on any atom is 0.130 e. The molecule has 0 spiro atoms. The molecule has 3 nitrogen and oxygen atoms in total. The van der Waals surface area contributed by atoms with E-state index in [1.54, 1.807) is 7.11 Å². The van der Waals surface area contributed by atoms with E-state index >= 15 is 0 Å². The van der Waals surface area contributed by atoms with Crippen molar-refractivity contribution in [3.05, 3.63) is 22.8 Å². The fourth-order valence-electron chi connectivity index (χ4n) is 5.17. The van der Waals surface area contributed by atoms with E-state index in [1.165, 1.54) is 25.7 Å². The van der Waals surface area contributed by atoms with Gasteiger partial charge in [-0.25, -0.2) is 0 Å². The summed E-state index contributed by atoms with van der Waals surface area (Å²) >= 11 is 0. The van der Waals surface area contributed by atoms with Crippen molar-refractivity contribution in [2.24, 2.45) is 16.8 Å². The summed E-state index contributed by atoms with van der Waals surface area (Å²) < 4.78 is 5.57. The van der Waals surface area contributed by atoms with Gasteiger partial charge >= 0.3 is 0 Å². The summed E-state index contributed by atoms with van der Waals surface area (Å²) in [5.41, 5.74) is 4.35. The smallest absolute Gasteiger partial charge is 0.130 e. The number of methoxy groups -OCH3 is 1. The summed E-state index contributed by atoms with van der Waals surface area (Å²) in [5.74, 6) is 2.10. The average Bonchev–Trinajstić information content (AvgIpc) is 2.80. The normalized spacial score (nSPS) is 32.8. The molecule has 1 heterocycles. The molecular weight excluding hydrogens is 274 g/mol. The summed E-state index contributed by atoms with van der Waals surface area (Å²) in [6.07, 6.45) is 7.04. The lowest BCUT2D eigenvalue weighted by Gasteiger charge is -2.43. The van der Waals surface area contributed by atoms with Crippen LogP contribution in [0.4, 0.5) is 5.69 Å². The van der Waals surface area contributed by atoms with Crippen LogP contribution in [-0.4, -0.2) is 17.9 Å². The number of benzene rings is 1. The zero-order valence-electron chi connectivity index (χ0n) is 13.8. The summed E-state index contributed by atoms with van der Waals surface area (Å²) in [4.78, 5) is 4.94. The third kappa shape index (κ3) is 1.75. The van der Waals surface area contributed by atoms with Crippen LogP contribution in [0, 0.1) is 25.7 Å². The first-order valence-corrected chi connectivity index (χ1v) is 8.56. The number of nitrogens with zero attached hydrogens (tertiary/aromatic N) is 1. The fraction of sp³-hybridized carbons (Fsp3) is 0.632. The Balaban J connectivity index is 1.86. The maximum absolute atomic E-state index is 11.5. The predicted octanol–water partition coefficient (Wildman–Crippen LogP) is 4.19. The second-order valence-electron chi connectivity index (χ2n) is 7.29. The molecule has 0 amide bonds. The summed E-state index contributed by atoms with van der Waals surface area (Å²) in [6.45, 7) is 4.12. The van der Waals surface area contributed by atoms with Gasteiger partial charge in [-0.2, -0.15) is 0 Å². The van der Waals surface area contributed by atoms with E-state index in [0.717, 1.165) is 52.6 Å². The van der Waals surface area contributed by atoms with Crippen LogP contribution < -0.4 is 4.74 Å². The standard InChI is InChI=1S/C19H25NO2/c1-11-10-15-16(12(2)17(11)22-3)19(21)9-8-13-6-4-5-7-14(13)18(19)20-15/h10,13-14,21H,4-9H2,1-3H3/t13-,14+,19?/m1/s1. The first-order chi connectivity index (χ1) is 10.6. The van der Waals surface area contributed by atoms with Gasteiger partial charge in [0.25, 0.3) is 0 Å². The molecule has 2 fully saturated rings. The van der Waals surface area contributed by atoms with Gasteiger partial charge in [0, 0.05) is 11.5 Å². The molecule has 0 bridgehead atoms. The van der Waals surface area contributed by atoms with Gasteiger partial charge in [-0.1, -0.05) is 12.8 Å². The van der Waals surface area contributed by atoms with Crippen LogP contribution in [0.3, 0.4) is 0 Å². The SMILES string of the molecule is COc1c(C)cc2c(c1C)C1(O)CC[C@H]3CCCC[C@@H]3C1=N2. The van der Waals surface area contributed by atoms with E-state index in [0.29, 0.717) is 5.92 Å².